The lowest BCUT2D eigenvalue weighted by molar-refractivity contribution is -0.149. The van der Waals surface area contributed by atoms with Crippen molar-refractivity contribution in [3.63, 3.8) is 0 Å². The number of halogens is 1. The Hall–Kier alpha value is -13.8. The molecule has 44 heteroatoms. The highest BCUT2D eigenvalue weighted by atomic mass is 35.5. The number of aliphatic hydroxyl groups excluding tert-OH is 3. The van der Waals surface area contributed by atoms with Crippen molar-refractivity contribution in [3.8, 4) is 42.8 Å². The van der Waals surface area contributed by atoms with Crippen LogP contribution in [0.3, 0.4) is 0 Å². The van der Waals surface area contributed by atoms with Crippen LogP contribution in [-0.4, -0.2) is 168 Å². The molecule has 117 heavy (non-hydrogen) atoms. The number of terminal acetylenes is 3. The van der Waals surface area contributed by atoms with Gasteiger partial charge in [0.1, 0.15) is 30.6 Å². The van der Waals surface area contributed by atoms with Crippen LogP contribution in [0.5, 0.6) is 5.75 Å². The summed E-state index contributed by atoms with van der Waals surface area (Å²) in [5.74, 6) is 1.03. The topological polar surface area (TPSA) is 599 Å². The van der Waals surface area contributed by atoms with Crippen molar-refractivity contribution < 1.29 is 96.3 Å². The van der Waals surface area contributed by atoms with Crippen LogP contribution in [0.4, 0.5) is 0 Å². The van der Waals surface area contributed by atoms with Gasteiger partial charge in [0.2, 0.25) is 17.2 Å². The molecule has 0 radical (unpaired) electrons. The maximum atomic E-state index is 14.3. The van der Waals surface area contributed by atoms with Crippen molar-refractivity contribution in [2.45, 2.75) is 104 Å². The van der Waals surface area contributed by atoms with Gasteiger partial charge in [0.25, 0.3) is 28.2 Å². The van der Waals surface area contributed by atoms with Crippen LogP contribution in [0.15, 0.2) is 226 Å². The number of H-pyrrole nitrogens is 2. The summed E-state index contributed by atoms with van der Waals surface area (Å²) < 4.78 is 66.7. The van der Waals surface area contributed by atoms with Gasteiger partial charge in [-0.1, -0.05) is 118 Å². The number of nitrogens with one attached hydrogen (secondary N) is 3. The van der Waals surface area contributed by atoms with Gasteiger partial charge in [-0.15, -0.1) is 19.3 Å². The van der Waals surface area contributed by atoms with Gasteiger partial charge in [0.05, 0.1) is 36.0 Å². The number of ether oxygens (including phenoxy) is 7. The SMILES string of the molecule is C#C[C@]1(O)[C@H](n2ccc(=O)[nH]c2=O)O[C@@](CO)(N=[N+]=[N-])[C@H]1O.C#C[C@]1(O)[C@H](n2ccc(=O)[nH]c2=O)O[C@@](CO[P@@](=O)(N[C@@H](C)C(=O)OC(C)C)Oc2ccccc2)(N=[N+]=[N-])[C@H]1O.C#C[C@]1(OC(=O)c2ccccc2)[C@H](n2ccc(=O)n(C(=O)c3ccccc3)c2=O)O[C@@](COC(=O)c2cccc(Cl)c2)(N=[N+]=[N-])[C@H]1OC(=O)c1ccccc1. The molecule has 8 aromatic rings. The standard InChI is InChI=1S/C39H26ClN5O10.C23H27N6O10P.C11H11N5O6/c1-2-38(54-34(50)27-17-10-5-11-18-27)35(53-33(49)26-15-8-4-9-16-26)39(42-43-41,24-52-32(48)28-19-12-20-29(40)23-28)55-36(38)44-22-21-30(46)45(37(44)51)31(47)25-13-6-3-7-14-25;1-5-22(34)19(32)23(27-28-24,38-20(22)29-12-11-17(30)25-21(29)33)13-36-40(35,39-16-9-7-6-8-10-16)26-15(4)18(31)37-14(2)3;1-2-10(21)7(19)11(5-17,14-15-12)22-8(10)16-4-3-6(18)13-9(16)20/h1,3-23,35-36H,24H2;1,6-12,14-15,19-20,32,34H,13H2,2-4H3,(H,26,35)(H,25,30,33);1,3-4,7-8,17,19,21H,5H2,(H,13,18,20)/t35-,36+,38+,39+;15-,19-,20+,22+,23+,40-;7-,8+,10+,11+/m000/s1. The van der Waals surface area contributed by atoms with Crippen LogP contribution in [-0.2, 0) is 47.0 Å². The molecule has 3 aromatic heterocycles. The van der Waals surface area contributed by atoms with E-state index < -0.39 is 174 Å². The average Bonchev–Trinajstić information content (AvgIpc) is 1.55. The highest BCUT2D eigenvalue weighted by molar-refractivity contribution is 7.52. The number of azide groups is 3. The molecule has 604 valence electrons. The van der Waals surface area contributed by atoms with Crippen molar-refractivity contribution >= 4 is 49.1 Å². The van der Waals surface area contributed by atoms with Crippen molar-refractivity contribution in [3.05, 3.63) is 304 Å². The fourth-order valence-corrected chi connectivity index (χ4v) is 13.3. The van der Waals surface area contributed by atoms with E-state index in [2.05, 4.69) is 41.1 Å². The number of hydrogen-bond donors (Lipinski definition) is 8. The predicted molar refractivity (Wildman–Crippen MR) is 402 cm³/mol. The quantitative estimate of drug-likeness (QED) is 0.00808. The monoisotopic (exact) mass is 1650 g/mol. The zero-order chi connectivity index (χ0) is 85.4. The van der Waals surface area contributed by atoms with E-state index in [9.17, 15) is 93.9 Å². The summed E-state index contributed by atoms with van der Waals surface area (Å²) in [7, 11) is -4.57. The highest BCUT2D eigenvalue weighted by Crippen LogP contribution is 2.52. The Bertz CT molecular complexity index is 5820. The van der Waals surface area contributed by atoms with Crippen LogP contribution in [0, 0.1) is 37.0 Å². The maximum absolute atomic E-state index is 14.3. The molecule has 3 saturated heterocycles. The van der Waals surface area contributed by atoms with Gasteiger partial charge < -0.3 is 63.2 Å². The second kappa shape index (κ2) is 36.6. The molecular weight excluding hydrogens is 1580 g/mol. The third kappa shape index (κ3) is 18.4. The number of aromatic nitrogens is 6. The normalized spacial score (nSPS) is 24.7. The number of hydrogen-bond acceptors (Lipinski definition) is 29. The van der Waals surface area contributed by atoms with E-state index in [1.54, 1.807) is 50.2 Å². The van der Waals surface area contributed by atoms with Gasteiger partial charge in [-0.05, 0) is 110 Å². The van der Waals surface area contributed by atoms with E-state index in [4.69, 9.17) is 78.6 Å². The lowest BCUT2D eigenvalue weighted by Crippen LogP contribution is -2.57. The summed E-state index contributed by atoms with van der Waals surface area (Å²) in [4.78, 5) is 153. The highest BCUT2D eigenvalue weighted by Gasteiger charge is 2.71. The molecule has 0 saturated carbocycles. The van der Waals surface area contributed by atoms with Gasteiger partial charge in [-0.25, -0.2) is 33.3 Å². The molecular formula is C73H64ClN16O26P. The second-order valence-electron chi connectivity index (χ2n) is 25.2. The molecule has 6 heterocycles. The molecule has 3 aliphatic heterocycles. The predicted octanol–water partition coefficient (Wildman–Crippen LogP) is 3.92. The zero-order valence-corrected chi connectivity index (χ0v) is 62.4. The van der Waals surface area contributed by atoms with E-state index in [1.165, 1.54) is 116 Å². The minimum absolute atomic E-state index is 0.0441. The third-order valence-corrected chi connectivity index (χ3v) is 19.1. The van der Waals surface area contributed by atoms with E-state index in [0.29, 0.717) is 13.7 Å². The van der Waals surface area contributed by atoms with Gasteiger partial charge in [-0.2, -0.15) is 9.65 Å². The molecule has 11 rings (SSSR count). The second-order valence-corrected chi connectivity index (χ2v) is 27.4. The third-order valence-electron chi connectivity index (χ3n) is 17.2. The first-order chi connectivity index (χ1) is 55.7. The lowest BCUT2D eigenvalue weighted by Gasteiger charge is -2.35. The molecule has 0 aliphatic carbocycles. The molecule has 0 amide bonds. The van der Waals surface area contributed by atoms with E-state index in [1.807, 2.05) is 21.8 Å². The van der Waals surface area contributed by atoms with Crippen molar-refractivity contribution in [2.24, 2.45) is 15.3 Å². The number of aromatic amines is 2. The Morgan fingerprint density at radius 3 is 1.57 bits per heavy atom. The van der Waals surface area contributed by atoms with Gasteiger partial charge >= 0.3 is 48.7 Å². The Morgan fingerprint density at radius 2 is 1.08 bits per heavy atom. The summed E-state index contributed by atoms with van der Waals surface area (Å²) in [6, 6.07) is 37.0. The Balaban J connectivity index is 0.000000219. The Morgan fingerprint density at radius 1 is 0.607 bits per heavy atom. The smallest absolute Gasteiger partial charge is 0.459 e. The van der Waals surface area contributed by atoms with Crippen LogP contribution in [0.2, 0.25) is 5.02 Å². The van der Waals surface area contributed by atoms with Gasteiger partial charge in [0, 0.05) is 62.1 Å². The lowest BCUT2D eigenvalue weighted by atomic mass is 9.90. The van der Waals surface area contributed by atoms with Crippen LogP contribution < -0.4 is 43.4 Å². The summed E-state index contributed by atoms with van der Waals surface area (Å²) >= 11 is 6.07. The van der Waals surface area contributed by atoms with Crippen LogP contribution in [0.25, 0.3) is 31.3 Å². The number of para-hydroxylation sites is 1. The number of carbonyl (C=O) groups is 5. The fraction of sp³-hybridized carbons (Fsp3) is 0.274. The van der Waals surface area contributed by atoms with Gasteiger partial charge in [-0.3, -0.25) is 52.2 Å². The molecule has 5 aromatic carbocycles. The zero-order valence-electron chi connectivity index (χ0n) is 60.7. The van der Waals surface area contributed by atoms with Crippen LogP contribution >= 0.6 is 19.3 Å². The molecule has 0 unspecified atom stereocenters. The van der Waals surface area contributed by atoms with E-state index in [-0.39, 0.29) is 37.6 Å². The first-order valence-corrected chi connectivity index (χ1v) is 35.7. The number of carbonyl (C=O) groups excluding carboxylic acids is 5. The molecule has 0 bridgehead atoms. The Kier molecular flexibility index (Phi) is 27.3. The number of nitrogens with zero attached hydrogens (tertiary/aromatic N) is 13. The van der Waals surface area contributed by atoms with E-state index in [0.717, 1.165) is 36.8 Å². The van der Waals surface area contributed by atoms with E-state index >= 15 is 0 Å². The molecule has 3 fully saturated rings. The number of rotatable bonds is 24. The largest absolute Gasteiger partial charge is 0.462 e. The average molecular weight is 1650 g/mol. The molecule has 14 atom stereocenters. The van der Waals surface area contributed by atoms with Crippen molar-refractivity contribution in [2.75, 3.05) is 19.8 Å². The first kappa shape index (κ1) is 87.2. The summed E-state index contributed by atoms with van der Waals surface area (Å²) in [6.45, 7) is 1.42. The summed E-state index contributed by atoms with van der Waals surface area (Å²) in [5, 5.41) is 65.0. The van der Waals surface area contributed by atoms with Crippen molar-refractivity contribution in [1.29, 1.82) is 0 Å². The Labute approximate surface area is 661 Å². The fourth-order valence-electron chi connectivity index (χ4n) is 11.6. The molecule has 0 spiro atoms. The van der Waals surface area contributed by atoms with Gasteiger partial charge in [0.15, 0.2) is 36.0 Å². The maximum Gasteiger partial charge on any atom is 0.459 e. The number of benzene rings is 5. The molecule has 3 aliphatic rings. The molecule has 8 N–H and O–H groups in total. The summed E-state index contributed by atoms with van der Waals surface area (Å²) in [6.07, 6.45) is 6.91. The first-order valence-electron chi connectivity index (χ1n) is 33.8. The molecule has 42 nitrogen and oxygen atoms in total. The number of esters is 4. The summed E-state index contributed by atoms with van der Waals surface area (Å²) in [5.41, 5.74) is 6.06. The minimum atomic E-state index is -4.57. The number of aliphatic hydroxyl groups is 5. The minimum Gasteiger partial charge on any atom is -0.462 e. The van der Waals surface area contributed by atoms with Crippen LogP contribution in [0.1, 0.15) is 80.9 Å². The van der Waals surface area contributed by atoms with Crippen molar-refractivity contribution in [1.82, 2.24) is 33.3 Å².